The molecule has 0 saturated heterocycles. The Hall–Kier alpha value is -2.70. The minimum absolute atomic E-state index is 0.160. The number of rotatable bonds is 9. The molecular weight excluding hydrogens is 381 g/mol. The summed E-state index contributed by atoms with van der Waals surface area (Å²) in [4.78, 5) is 2.19. The van der Waals surface area contributed by atoms with Gasteiger partial charge in [-0.1, -0.05) is 56.3 Å². The minimum Gasteiger partial charge on any atom is -0.436 e. The van der Waals surface area contributed by atoms with Crippen molar-refractivity contribution in [3.05, 3.63) is 66.0 Å². The van der Waals surface area contributed by atoms with Crippen LogP contribution in [0.1, 0.15) is 26.3 Å². The highest BCUT2D eigenvalue weighted by Gasteiger charge is 2.23. The first-order chi connectivity index (χ1) is 14.3. The third-order valence-electron chi connectivity index (χ3n) is 4.71. The highest BCUT2D eigenvalue weighted by molar-refractivity contribution is 5.65. The second-order valence-corrected chi connectivity index (χ2v) is 8.09. The zero-order chi connectivity index (χ0) is 21.7. The van der Waals surface area contributed by atoms with Crippen molar-refractivity contribution in [2.75, 3.05) is 13.1 Å². The topological polar surface area (TPSA) is 50.5 Å². The summed E-state index contributed by atoms with van der Waals surface area (Å²) in [5, 5.41) is 14.7. The molecule has 6 heteroatoms. The molecule has 0 aliphatic heterocycles. The molecule has 160 valence electrons. The lowest BCUT2D eigenvalue weighted by atomic mass is 10.1. The molecule has 3 rings (SSSR count). The lowest BCUT2D eigenvalue weighted by molar-refractivity contribution is 0.114. The molecule has 0 spiro atoms. The summed E-state index contributed by atoms with van der Waals surface area (Å²) in [6, 6.07) is 16.2. The molecule has 0 unspecified atom stereocenters. The average Bonchev–Trinajstić information content (AvgIpc) is 2.99. The summed E-state index contributed by atoms with van der Waals surface area (Å²) in [5.41, 5.74) is 2.63. The van der Waals surface area contributed by atoms with E-state index in [4.69, 9.17) is 9.84 Å². The first-order valence-corrected chi connectivity index (χ1v) is 10.3. The Kier molecular flexibility index (Phi) is 7.24. The summed E-state index contributed by atoms with van der Waals surface area (Å²) in [6.07, 6.45) is -0.462. The second kappa shape index (κ2) is 9.87. The van der Waals surface area contributed by atoms with Crippen LogP contribution in [-0.2, 0) is 13.6 Å². The van der Waals surface area contributed by atoms with Crippen LogP contribution in [0.4, 0.5) is 4.39 Å². The van der Waals surface area contributed by atoms with Gasteiger partial charge in [0.1, 0.15) is 5.69 Å². The number of hydrogen-bond acceptors (Lipinski definition) is 4. The number of hydrogen-bond donors (Lipinski definition) is 1. The van der Waals surface area contributed by atoms with Gasteiger partial charge in [-0.2, -0.15) is 5.10 Å². The number of aliphatic hydroxyl groups excluding tert-OH is 1. The van der Waals surface area contributed by atoms with Crippen molar-refractivity contribution in [3.8, 4) is 22.9 Å². The van der Waals surface area contributed by atoms with E-state index in [0.29, 0.717) is 24.9 Å². The van der Waals surface area contributed by atoms with E-state index in [1.165, 1.54) is 6.07 Å². The molecule has 0 saturated carbocycles. The van der Waals surface area contributed by atoms with E-state index in [1.54, 1.807) is 36.9 Å². The lowest BCUT2D eigenvalue weighted by Crippen LogP contribution is -2.33. The van der Waals surface area contributed by atoms with E-state index in [1.807, 2.05) is 30.3 Å². The van der Waals surface area contributed by atoms with Crippen LogP contribution in [0.2, 0.25) is 0 Å². The fourth-order valence-corrected chi connectivity index (χ4v) is 3.60. The molecule has 30 heavy (non-hydrogen) atoms. The smallest absolute Gasteiger partial charge is 0.222 e. The Morgan fingerprint density at radius 1 is 1.03 bits per heavy atom. The number of aliphatic hydroxyl groups is 1. The Morgan fingerprint density at radius 3 is 2.33 bits per heavy atom. The molecule has 1 heterocycles. The zero-order valence-corrected chi connectivity index (χ0v) is 18.0. The molecule has 5 nitrogen and oxygen atoms in total. The highest BCUT2D eigenvalue weighted by Crippen LogP contribution is 2.35. The van der Waals surface area contributed by atoms with Gasteiger partial charge in [0.05, 0.1) is 11.7 Å². The molecule has 0 aliphatic rings. The number of aromatic nitrogens is 2. The Labute approximate surface area is 177 Å². The number of ether oxygens (including phenoxy) is 1. The monoisotopic (exact) mass is 411 g/mol. The van der Waals surface area contributed by atoms with Crippen molar-refractivity contribution >= 4 is 0 Å². The summed E-state index contributed by atoms with van der Waals surface area (Å²) in [6.45, 7) is 7.95. The lowest BCUT2D eigenvalue weighted by Gasteiger charge is -2.26. The molecule has 0 radical (unpaired) electrons. The maximum absolute atomic E-state index is 14.3. The minimum atomic E-state index is -0.462. The van der Waals surface area contributed by atoms with Crippen molar-refractivity contribution in [2.45, 2.75) is 33.4 Å². The van der Waals surface area contributed by atoms with Crippen molar-refractivity contribution in [2.24, 2.45) is 13.0 Å². The fourth-order valence-electron chi connectivity index (χ4n) is 3.60. The summed E-state index contributed by atoms with van der Waals surface area (Å²) >= 11 is 0. The molecule has 0 amide bonds. The number of benzene rings is 2. The SMILES string of the molecule is CC(C)CN(Cc1c(-c2ccccc2)nn(C)c1Oc1ccccc1F)C[C@H](C)O. The maximum Gasteiger partial charge on any atom is 0.222 e. The molecule has 0 bridgehead atoms. The van der Waals surface area contributed by atoms with Gasteiger partial charge in [0.2, 0.25) is 5.88 Å². The van der Waals surface area contributed by atoms with E-state index < -0.39 is 11.9 Å². The van der Waals surface area contributed by atoms with Crippen LogP contribution in [0.25, 0.3) is 11.3 Å². The van der Waals surface area contributed by atoms with Gasteiger partial charge < -0.3 is 9.84 Å². The van der Waals surface area contributed by atoms with Crippen LogP contribution >= 0.6 is 0 Å². The highest BCUT2D eigenvalue weighted by atomic mass is 19.1. The van der Waals surface area contributed by atoms with Gasteiger partial charge in [0, 0.05) is 32.2 Å². The van der Waals surface area contributed by atoms with E-state index in [2.05, 4.69) is 18.7 Å². The van der Waals surface area contributed by atoms with Gasteiger partial charge >= 0.3 is 0 Å². The number of aryl methyl sites for hydroxylation is 1. The maximum atomic E-state index is 14.3. The third-order valence-corrected chi connectivity index (χ3v) is 4.71. The molecule has 1 aromatic heterocycles. The molecule has 1 atom stereocenters. The fraction of sp³-hybridized carbons (Fsp3) is 0.375. The van der Waals surface area contributed by atoms with Crippen LogP contribution in [0.5, 0.6) is 11.6 Å². The molecule has 0 aliphatic carbocycles. The van der Waals surface area contributed by atoms with Crippen molar-refractivity contribution in [1.82, 2.24) is 14.7 Å². The normalized spacial score (nSPS) is 12.5. The van der Waals surface area contributed by atoms with Crippen molar-refractivity contribution in [1.29, 1.82) is 0 Å². The summed E-state index contributed by atoms with van der Waals surface area (Å²) < 4.78 is 22.0. The van der Waals surface area contributed by atoms with Crippen molar-refractivity contribution in [3.63, 3.8) is 0 Å². The molecule has 2 aromatic carbocycles. The van der Waals surface area contributed by atoms with Gasteiger partial charge in [-0.25, -0.2) is 9.07 Å². The Bertz CT molecular complexity index is 944. The van der Waals surface area contributed by atoms with Crippen LogP contribution in [-0.4, -0.2) is 39.0 Å². The van der Waals surface area contributed by atoms with Gasteiger partial charge in [-0.15, -0.1) is 0 Å². The average molecular weight is 412 g/mol. The number of para-hydroxylation sites is 1. The Balaban J connectivity index is 2.05. The third kappa shape index (κ3) is 5.46. The standard InChI is InChI=1S/C24H30FN3O2/c1-17(2)14-28(15-18(3)29)16-20-23(19-10-6-5-7-11-19)26-27(4)24(20)30-22-13-9-8-12-21(22)25/h5-13,17-18,29H,14-16H2,1-4H3/t18-/m0/s1. The second-order valence-electron chi connectivity index (χ2n) is 8.09. The number of halogens is 1. The van der Waals surface area contributed by atoms with Crippen LogP contribution in [0, 0.1) is 11.7 Å². The van der Waals surface area contributed by atoms with Gasteiger partial charge in [-0.3, -0.25) is 4.90 Å². The largest absolute Gasteiger partial charge is 0.436 e. The van der Waals surface area contributed by atoms with Gasteiger partial charge in [0.25, 0.3) is 0 Å². The molecule has 1 N–H and O–H groups in total. The predicted octanol–water partition coefficient (Wildman–Crippen LogP) is 4.86. The number of nitrogens with zero attached hydrogens (tertiary/aromatic N) is 3. The van der Waals surface area contributed by atoms with E-state index >= 15 is 0 Å². The first-order valence-electron chi connectivity index (χ1n) is 10.3. The molecule has 0 fully saturated rings. The van der Waals surface area contributed by atoms with Crippen LogP contribution in [0.3, 0.4) is 0 Å². The summed E-state index contributed by atoms with van der Waals surface area (Å²) in [7, 11) is 1.80. The first kappa shape index (κ1) is 22.0. The van der Waals surface area contributed by atoms with Crippen LogP contribution in [0.15, 0.2) is 54.6 Å². The van der Waals surface area contributed by atoms with Crippen LogP contribution < -0.4 is 4.74 Å². The van der Waals surface area contributed by atoms with Gasteiger partial charge in [-0.05, 0) is 25.0 Å². The predicted molar refractivity (Wildman–Crippen MR) is 117 cm³/mol. The quantitative estimate of drug-likeness (QED) is 0.546. The molecular formula is C24H30FN3O2. The summed E-state index contributed by atoms with van der Waals surface area (Å²) in [5.74, 6) is 0.663. The molecule has 3 aromatic rings. The van der Waals surface area contributed by atoms with Crippen molar-refractivity contribution < 1.29 is 14.2 Å². The van der Waals surface area contributed by atoms with E-state index in [-0.39, 0.29) is 5.75 Å². The van der Waals surface area contributed by atoms with E-state index in [9.17, 15) is 9.50 Å². The van der Waals surface area contributed by atoms with Gasteiger partial charge in [0.15, 0.2) is 11.6 Å². The van der Waals surface area contributed by atoms with E-state index in [0.717, 1.165) is 23.4 Å². The zero-order valence-electron chi connectivity index (χ0n) is 18.0. The Morgan fingerprint density at radius 2 is 1.70 bits per heavy atom.